The van der Waals surface area contributed by atoms with Gasteiger partial charge in [0.1, 0.15) is 0 Å². The Morgan fingerprint density at radius 3 is 2.50 bits per heavy atom. The van der Waals surface area contributed by atoms with Gasteiger partial charge in [0.25, 0.3) is 0 Å². The molecule has 8 heteroatoms. The van der Waals surface area contributed by atoms with Gasteiger partial charge in [0.15, 0.2) is 5.75 Å². The molecule has 1 heterocycles. The van der Waals surface area contributed by atoms with Gasteiger partial charge in [-0.15, -0.1) is 13.2 Å². The van der Waals surface area contributed by atoms with Crippen molar-refractivity contribution >= 4 is 5.69 Å². The fraction of sp³-hybridized carbons (Fsp3) is 0.375. The zero-order valence-corrected chi connectivity index (χ0v) is 8.08. The quantitative estimate of drug-likeness (QED) is 0.712. The number of pyridine rings is 1. The van der Waals surface area contributed by atoms with Gasteiger partial charge in [0.2, 0.25) is 0 Å². The van der Waals surface area contributed by atoms with E-state index in [2.05, 4.69) is 9.72 Å². The number of halogens is 3. The Balaban J connectivity index is 3.23. The molecule has 0 saturated carbocycles. The van der Waals surface area contributed by atoms with Crippen LogP contribution in [-0.2, 0) is 13.2 Å². The van der Waals surface area contributed by atoms with E-state index in [1.165, 1.54) is 0 Å². The van der Waals surface area contributed by atoms with Crippen LogP contribution in [0.2, 0.25) is 0 Å². The van der Waals surface area contributed by atoms with Gasteiger partial charge in [-0.3, -0.25) is 4.98 Å². The van der Waals surface area contributed by atoms with Gasteiger partial charge >= 0.3 is 6.36 Å². The first-order chi connectivity index (χ1) is 7.39. The number of nitrogens with two attached hydrogens (primary N) is 2. The molecule has 0 saturated heterocycles. The first kappa shape index (κ1) is 12.5. The van der Waals surface area contributed by atoms with Crippen molar-refractivity contribution in [1.29, 1.82) is 0 Å². The number of anilines is 1. The summed E-state index contributed by atoms with van der Waals surface area (Å²) in [5.74, 6) is -0.648. The van der Waals surface area contributed by atoms with E-state index in [4.69, 9.17) is 16.6 Å². The van der Waals surface area contributed by atoms with Gasteiger partial charge in [-0.05, 0) is 0 Å². The fourth-order valence-electron chi connectivity index (χ4n) is 1.16. The van der Waals surface area contributed by atoms with E-state index in [-0.39, 0.29) is 23.5 Å². The number of nitrogen functional groups attached to an aromatic ring is 1. The standard InChI is InChI=1S/C8H10F3N3O2/c9-8(10,11)16-7-4(3-15)6(1-12)14-2-5(7)13/h2,15H,1,3,12-13H2. The largest absolute Gasteiger partial charge is 0.573 e. The molecule has 90 valence electrons. The Hall–Kier alpha value is -1.54. The van der Waals surface area contributed by atoms with Gasteiger partial charge in [0, 0.05) is 12.1 Å². The Bertz CT molecular complexity index is 382. The Kier molecular flexibility index (Phi) is 3.55. The maximum atomic E-state index is 12.1. The highest BCUT2D eigenvalue weighted by Gasteiger charge is 2.33. The van der Waals surface area contributed by atoms with Crippen molar-refractivity contribution in [2.75, 3.05) is 5.73 Å². The van der Waals surface area contributed by atoms with Crippen LogP contribution in [0.4, 0.5) is 18.9 Å². The van der Waals surface area contributed by atoms with E-state index in [1.54, 1.807) is 0 Å². The third-order valence-corrected chi connectivity index (χ3v) is 1.81. The van der Waals surface area contributed by atoms with Crippen molar-refractivity contribution in [1.82, 2.24) is 4.98 Å². The summed E-state index contributed by atoms with van der Waals surface area (Å²) in [5.41, 5.74) is 10.2. The zero-order valence-electron chi connectivity index (χ0n) is 8.08. The van der Waals surface area contributed by atoms with Crippen LogP contribution >= 0.6 is 0 Å². The van der Waals surface area contributed by atoms with Crippen molar-refractivity contribution in [3.63, 3.8) is 0 Å². The van der Waals surface area contributed by atoms with Crippen molar-refractivity contribution in [2.45, 2.75) is 19.5 Å². The smallest absolute Gasteiger partial charge is 0.403 e. The van der Waals surface area contributed by atoms with Crippen molar-refractivity contribution in [2.24, 2.45) is 5.73 Å². The maximum absolute atomic E-state index is 12.1. The molecule has 16 heavy (non-hydrogen) atoms. The molecule has 0 aliphatic rings. The van der Waals surface area contributed by atoms with Gasteiger partial charge in [0.05, 0.1) is 24.2 Å². The summed E-state index contributed by atoms with van der Waals surface area (Å²) in [4.78, 5) is 3.70. The van der Waals surface area contributed by atoms with Crippen LogP contribution in [0.5, 0.6) is 5.75 Å². The molecule has 5 N–H and O–H groups in total. The lowest BCUT2D eigenvalue weighted by molar-refractivity contribution is -0.274. The minimum absolute atomic E-state index is 0.107. The monoisotopic (exact) mass is 237 g/mol. The number of ether oxygens (including phenoxy) is 1. The molecule has 0 bridgehead atoms. The van der Waals surface area contributed by atoms with E-state index in [0.29, 0.717) is 0 Å². The Morgan fingerprint density at radius 2 is 2.06 bits per heavy atom. The first-order valence-electron chi connectivity index (χ1n) is 4.22. The second kappa shape index (κ2) is 4.54. The SMILES string of the molecule is NCc1ncc(N)c(OC(F)(F)F)c1CO. The molecule has 0 aromatic carbocycles. The van der Waals surface area contributed by atoms with Crippen molar-refractivity contribution in [3.8, 4) is 5.75 Å². The molecule has 0 amide bonds. The molecule has 0 radical (unpaired) electrons. The average molecular weight is 237 g/mol. The molecule has 1 aromatic heterocycles. The van der Waals surface area contributed by atoms with Crippen LogP contribution in [0.25, 0.3) is 0 Å². The van der Waals surface area contributed by atoms with Gasteiger partial charge in [-0.25, -0.2) is 0 Å². The second-order valence-corrected chi connectivity index (χ2v) is 2.88. The number of aliphatic hydroxyl groups is 1. The topological polar surface area (TPSA) is 94.4 Å². The first-order valence-corrected chi connectivity index (χ1v) is 4.22. The van der Waals surface area contributed by atoms with Crippen LogP contribution < -0.4 is 16.2 Å². The predicted octanol–water partition coefficient (Wildman–Crippen LogP) is 0.513. The van der Waals surface area contributed by atoms with Gasteiger partial charge < -0.3 is 21.3 Å². The molecular formula is C8H10F3N3O2. The van der Waals surface area contributed by atoms with E-state index in [9.17, 15) is 13.2 Å². The van der Waals surface area contributed by atoms with Crippen molar-refractivity contribution in [3.05, 3.63) is 17.5 Å². The highest BCUT2D eigenvalue weighted by molar-refractivity contribution is 5.56. The predicted molar refractivity (Wildman–Crippen MR) is 49.1 cm³/mol. The number of alkyl halides is 3. The van der Waals surface area contributed by atoms with Crippen LogP contribution in [0.1, 0.15) is 11.3 Å². The van der Waals surface area contributed by atoms with Crippen LogP contribution in [0.3, 0.4) is 0 Å². The van der Waals surface area contributed by atoms with E-state index < -0.39 is 18.7 Å². The lowest BCUT2D eigenvalue weighted by Crippen LogP contribution is -2.20. The van der Waals surface area contributed by atoms with E-state index >= 15 is 0 Å². The van der Waals surface area contributed by atoms with Gasteiger partial charge in [-0.1, -0.05) is 0 Å². The minimum atomic E-state index is -4.88. The maximum Gasteiger partial charge on any atom is 0.573 e. The van der Waals surface area contributed by atoms with Gasteiger partial charge in [-0.2, -0.15) is 0 Å². The van der Waals surface area contributed by atoms with Crippen LogP contribution in [0, 0.1) is 0 Å². The summed E-state index contributed by atoms with van der Waals surface area (Å²) in [6.07, 6.45) is -3.88. The molecule has 0 aliphatic heterocycles. The van der Waals surface area contributed by atoms with Crippen molar-refractivity contribution < 1.29 is 23.0 Å². The second-order valence-electron chi connectivity index (χ2n) is 2.88. The summed E-state index contributed by atoms with van der Waals surface area (Å²) in [7, 11) is 0. The number of nitrogens with zero attached hydrogens (tertiary/aromatic N) is 1. The number of aromatic nitrogens is 1. The molecule has 0 atom stereocenters. The number of hydrogen-bond acceptors (Lipinski definition) is 5. The fourth-order valence-corrected chi connectivity index (χ4v) is 1.16. The molecule has 0 aliphatic carbocycles. The highest BCUT2D eigenvalue weighted by atomic mass is 19.4. The van der Waals surface area contributed by atoms with E-state index in [0.717, 1.165) is 6.20 Å². The summed E-state index contributed by atoms with van der Waals surface area (Å²) in [6, 6.07) is 0. The summed E-state index contributed by atoms with van der Waals surface area (Å²) in [5, 5.41) is 8.95. The lowest BCUT2D eigenvalue weighted by Gasteiger charge is -2.15. The van der Waals surface area contributed by atoms with Crippen LogP contribution in [0.15, 0.2) is 6.20 Å². The molecule has 1 aromatic rings. The summed E-state index contributed by atoms with van der Waals surface area (Å²) < 4.78 is 39.9. The zero-order chi connectivity index (χ0) is 12.3. The normalized spacial score (nSPS) is 11.6. The number of rotatable bonds is 3. The molecule has 0 fully saturated rings. The molecular weight excluding hydrogens is 227 g/mol. The third kappa shape index (κ3) is 2.74. The molecule has 5 nitrogen and oxygen atoms in total. The van der Waals surface area contributed by atoms with E-state index in [1.807, 2.05) is 0 Å². The van der Waals surface area contributed by atoms with Crippen LogP contribution in [-0.4, -0.2) is 16.5 Å². The molecule has 1 rings (SSSR count). The summed E-state index contributed by atoms with van der Waals surface area (Å²) in [6.45, 7) is -0.805. The molecule has 0 spiro atoms. The Labute approximate surface area is 88.8 Å². The molecule has 0 unspecified atom stereocenters. The number of hydrogen-bond donors (Lipinski definition) is 3. The number of aliphatic hydroxyl groups excluding tert-OH is 1. The average Bonchev–Trinajstić information content (AvgIpc) is 2.19. The highest BCUT2D eigenvalue weighted by Crippen LogP contribution is 2.32. The summed E-state index contributed by atoms with van der Waals surface area (Å²) >= 11 is 0. The minimum Gasteiger partial charge on any atom is -0.403 e. The lowest BCUT2D eigenvalue weighted by atomic mass is 10.1. The Morgan fingerprint density at radius 1 is 1.44 bits per heavy atom. The third-order valence-electron chi connectivity index (χ3n) is 1.81.